The van der Waals surface area contributed by atoms with Crippen molar-refractivity contribution in [3.63, 3.8) is 0 Å². The molecule has 0 radical (unpaired) electrons. The number of methoxy groups -OCH3 is 1. The minimum atomic E-state index is -0.218. The number of aromatic nitrogens is 4. The molecule has 11 heteroatoms. The molecule has 1 amide bonds. The van der Waals surface area contributed by atoms with Crippen molar-refractivity contribution in [2.24, 2.45) is 0 Å². The Balaban J connectivity index is 1.35. The maximum atomic E-state index is 12.7. The van der Waals surface area contributed by atoms with Gasteiger partial charge in [0.25, 0.3) is 0 Å². The molecule has 3 aromatic heterocycles. The van der Waals surface area contributed by atoms with E-state index >= 15 is 0 Å². The lowest BCUT2D eigenvalue weighted by molar-refractivity contribution is -0.113. The molecular weight excluding hydrogens is 506 g/mol. The summed E-state index contributed by atoms with van der Waals surface area (Å²) in [4.78, 5) is 17.2. The van der Waals surface area contributed by atoms with Crippen LogP contribution in [0.1, 0.15) is 0 Å². The van der Waals surface area contributed by atoms with Crippen molar-refractivity contribution in [3.8, 4) is 34.3 Å². The van der Waals surface area contributed by atoms with Crippen LogP contribution in [0.5, 0.6) is 5.75 Å². The average Bonchev–Trinajstić information content (AvgIpc) is 3.64. The Morgan fingerprint density at radius 2 is 1.97 bits per heavy atom. The number of hydrogen-bond acceptors (Lipinski definition) is 8. The zero-order valence-corrected chi connectivity index (χ0v) is 20.7. The number of thiazole rings is 1. The molecular formula is C24H18ClN5O3S2. The van der Waals surface area contributed by atoms with Crippen molar-refractivity contribution >= 4 is 45.7 Å². The number of anilines is 1. The van der Waals surface area contributed by atoms with Gasteiger partial charge in [0.1, 0.15) is 5.75 Å². The van der Waals surface area contributed by atoms with Crippen LogP contribution in [0.25, 0.3) is 28.5 Å². The van der Waals surface area contributed by atoms with Gasteiger partial charge in [0.2, 0.25) is 11.7 Å². The lowest BCUT2D eigenvalue weighted by atomic mass is 10.2. The highest BCUT2D eigenvalue weighted by molar-refractivity contribution is 7.99. The number of nitrogens with zero attached hydrogens (tertiary/aromatic N) is 4. The number of furan rings is 1. The minimum absolute atomic E-state index is 0.104. The summed E-state index contributed by atoms with van der Waals surface area (Å²) in [6.07, 6.45) is 1.57. The summed E-state index contributed by atoms with van der Waals surface area (Å²) in [6, 6.07) is 18.5. The fourth-order valence-corrected chi connectivity index (χ4v) is 5.07. The molecule has 0 saturated heterocycles. The predicted molar refractivity (Wildman–Crippen MR) is 138 cm³/mol. The number of ether oxygens (including phenoxy) is 1. The number of para-hydroxylation sites is 2. The molecule has 0 saturated carbocycles. The number of hydrogen-bond donors (Lipinski definition) is 1. The van der Waals surface area contributed by atoms with Crippen LogP contribution >= 0.6 is 34.7 Å². The monoisotopic (exact) mass is 523 g/mol. The van der Waals surface area contributed by atoms with Crippen LogP contribution in [-0.2, 0) is 4.79 Å². The fraction of sp³-hybridized carbons (Fsp3) is 0.0833. The third-order valence-electron chi connectivity index (χ3n) is 4.93. The first-order valence-electron chi connectivity index (χ1n) is 10.4. The molecule has 5 aromatic rings. The van der Waals surface area contributed by atoms with Gasteiger partial charge in [-0.25, -0.2) is 4.98 Å². The predicted octanol–water partition coefficient (Wildman–Crippen LogP) is 6.04. The molecule has 0 atom stereocenters. The Morgan fingerprint density at radius 3 is 2.77 bits per heavy atom. The van der Waals surface area contributed by atoms with Crippen LogP contribution in [0.3, 0.4) is 0 Å². The standard InChI is InChI=1S/C24H18ClN5O3S2/c1-32-19-10-5-4-9-18(19)30-22(20-11-6-12-33-20)28-29-24(30)35-14-21(31)27-23-26-17(13-34-23)15-7-2-3-8-16(15)25/h2-13H,14H2,1H3,(H,26,27,31). The normalized spacial score (nSPS) is 10.9. The van der Waals surface area contributed by atoms with Crippen LogP contribution < -0.4 is 10.1 Å². The fourth-order valence-electron chi connectivity index (χ4n) is 3.37. The van der Waals surface area contributed by atoms with Gasteiger partial charge in [-0.2, -0.15) is 0 Å². The van der Waals surface area contributed by atoms with Crippen LogP contribution in [0.2, 0.25) is 5.02 Å². The Morgan fingerprint density at radius 1 is 1.14 bits per heavy atom. The molecule has 2 aromatic carbocycles. The van der Waals surface area contributed by atoms with E-state index in [0.29, 0.717) is 38.3 Å². The van der Waals surface area contributed by atoms with Gasteiger partial charge in [-0.1, -0.05) is 53.7 Å². The summed E-state index contributed by atoms with van der Waals surface area (Å²) in [5, 5.41) is 14.9. The second-order valence-corrected chi connectivity index (χ2v) is 9.35. The molecule has 3 heterocycles. The van der Waals surface area contributed by atoms with Crippen molar-refractivity contribution in [1.82, 2.24) is 19.7 Å². The van der Waals surface area contributed by atoms with E-state index in [-0.39, 0.29) is 11.7 Å². The van der Waals surface area contributed by atoms with E-state index in [2.05, 4.69) is 20.5 Å². The number of benzene rings is 2. The summed E-state index contributed by atoms with van der Waals surface area (Å²) in [7, 11) is 1.60. The number of carbonyl (C=O) groups excluding carboxylic acids is 1. The van der Waals surface area contributed by atoms with E-state index in [4.69, 9.17) is 20.8 Å². The van der Waals surface area contributed by atoms with Crippen LogP contribution in [0.15, 0.2) is 81.9 Å². The third-order valence-corrected chi connectivity index (χ3v) is 6.95. The second kappa shape index (κ2) is 10.3. The summed E-state index contributed by atoms with van der Waals surface area (Å²) in [6.45, 7) is 0. The van der Waals surface area contributed by atoms with E-state index in [0.717, 1.165) is 11.3 Å². The van der Waals surface area contributed by atoms with E-state index in [9.17, 15) is 4.79 Å². The first kappa shape index (κ1) is 23.2. The van der Waals surface area contributed by atoms with Gasteiger partial charge in [0, 0.05) is 16.0 Å². The highest BCUT2D eigenvalue weighted by Crippen LogP contribution is 2.33. The molecule has 0 aliphatic rings. The Kier molecular flexibility index (Phi) is 6.84. The van der Waals surface area contributed by atoms with Crippen LogP contribution in [0, 0.1) is 0 Å². The molecule has 0 aliphatic heterocycles. The SMILES string of the molecule is COc1ccccc1-n1c(SCC(=O)Nc2nc(-c3ccccc3Cl)cs2)nnc1-c1ccco1. The van der Waals surface area contributed by atoms with Gasteiger partial charge in [-0.05, 0) is 30.3 Å². The van der Waals surface area contributed by atoms with Gasteiger partial charge in [0.15, 0.2) is 16.0 Å². The van der Waals surface area contributed by atoms with Gasteiger partial charge >= 0.3 is 0 Å². The molecule has 0 bridgehead atoms. The maximum absolute atomic E-state index is 12.7. The number of rotatable bonds is 8. The quantitative estimate of drug-likeness (QED) is 0.247. The first-order valence-corrected chi connectivity index (χ1v) is 12.6. The van der Waals surface area contributed by atoms with Gasteiger partial charge < -0.3 is 14.5 Å². The minimum Gasteiger partial charge on any atom is -0.495 e. The third kappa shape index (κ3) is 4.95. The van der Waals surface area contributed by atoms with Crippen molar-refractivity contribution in [2.75, 3.05) is 18.2 Å². The number of thioether (sulfide) groups is 1. The highest BCUT2D eigenvalue weighted by Gasteiger charge is 2.21. The van der Waals surface area contributed by atoms with Gasteiger partial charge in [-0.3, -0.25) is 9.36 Å². The molecule has 1 N–H and O–H groups in total. The van der Waals surface area contributed by atoms with Gasteiger partial charge in [0.05, 0.1) is 30.5 Å². The Hall–Kier alpha value is -3.60. The van der Waals surface area contributed by atoms with Crippen molar-refractivity contribution < 1.29 is 13.9 Å². The Bertz CT molecular complexity index is 1470. The van der Waals surface area contributed by atoms with E-state index in [1.165, 1.54) is 23.1 Å². The zero-order chi connectivity index (χ0) is 24.2. The van der Waals surface area contributed by atoms with Crippen LogP contribution in [0.4, 0.5) is 5.13 Å². The van der Waals surface area contributed by atoms with E-state index < -0.39 is 0 Å². The van der Waals surface area contributed by atoms with Gasteiger partial charge in [-0.15, -0.1) is 21.5 Å². The van der Waals surface area contributed by atoms with Crippen LogP contribution in [-0.4, -0.2) is 38.5 Å². The number of carbonyl (C=O) groups is 1. The zero-order valence-electron chi connectivity index (χ0n) is 18.3. The summed E-state index contributed by atoms with van der Waals surface area (Å²) in [5.41, 5.74) is 2.26. The molecule has 5 rings (SSSR count). The molecule has 0 spiro atoms. The number of amides is 1. The summed E-state index contributed by atoms with van der Waals surface area (Å²) >= 11 is 8.85. The lowest BCUT2D eigenvalue weighted by Crippen LogP contribution is -2.14. The molecule has 0 unspecified atom stereocenters. The topological polar surface area (TPSA) is 95.1 Å². The average molecular weight is 524 g/mol. The molecule has 0 fully saturated rings. The molecule has 35 heavy (non-hydrogen) atoms. The summed E-state index contributed by atoms with van der Waals surface area (Å²) in [5.74, 6) is 1.58. The van der Waals surface area contributed by atoms with E-state index in [1.54, 1.807) is 31.6 Å². The lowest BCUT2D eigenvalue weighted by Gasteiger charge is -2.12. The maximum Gasteiger partial charge on any atom is 0.236 e. The number of halogens is 1. The molecule has 0 aliphatic carbocycles. The Labute approximate surface area is 213 Å². The largest absolute Gasteiger partial charge is 0.495 e. The van der Waals surface area contributed by atoms with Crippen molar-refractivity contribution in [3.05, 3.63) is 77.3 Å². The smallest absolute Gasteiger partial charge is 0.236 e. The summed E-state index contributed by atoms with van der Waals surface area (Å²) < 4.78 is 12.9. The highest BCUT2D eigenvalue weighted by atomic mass is 35.5. The van der Waals surface area contributed by atoms with Crippen molar-refractivity contribution in [2.45, 2.75) is 5.16 Å². The molecule has 8 nitrogen and oxygen atoms in total. The van der Waals surface area contributed by atoms with Crippen molar-refractivity contribution in [1.29, 1.82) is 0 Å². The van der Waals surface area contributed by atoms with E-state index in [1.807, 2.05) is 52.4 Å². The number of nitrogens with one attached hydrogen (secondary N) is 1. The second-order valence-electron chi connectivity index (χ2n) is 7.15. The first-order chi connectivity index (χ1) is 17.1. The molecule has 176 valence electrons.